The Kier molecular flexibility index (Phi) is 4.35. The van der Waals surface area contributed by atoms with Gasteiger partial charge < -0.3 is 19.6 Å². The van der Waals surface area contributed by atoms with Crippen LogP contribution in [-0.4, -0.2) is 49.4 Å². The number of likely N-dealkylation sites (N-methyl/N-ethyl adjacent to an activating group) is 1. The van der Waals surface area contributed by atoms with Crippen LogP contribution in [0.3, 0.4) is 0 Å². The van der Waals surface area contributed by atoms with Crippen molar-refractivity contribution in [1.82, 2.24) is 10.2 Å². The van der Waals surface area contributed by atoms with Crippen LogP contribution in [0.2, 0.25) is 0 Å². The first-order valence-electron chi connectivity index (χ1n) is 5.98. The van der Waals surface area contributed by atoms with E-state index in [4.69, 9.17) is 14.3 Å². The third-order valence-corrected chi connectivity index (χ3v) is 2.90. The number of morpholine rings is 1. The van der Waals surface area contributed by atoms with Crippen LogP contribution in [0.1, 0.15) is 5.76 Å². The minimum Gasteiger partial charge on any atom is -0.502 e. The molecule has 1 aromatic rings. The van der Waals surface area contributed by atoms with Gasteiger partial charge in [-0.2, -0.15) is 0 Å². The van der Waals surface area contributed by atoms with Gasteiger partial charge in [-0.3, -0.25) is 9.69 Å². The highest BCUT2D eigenvalue weighted by Gasteiger charge is 2.20. The third kappa shape index (κ3) is 3.32. The van der Waals surface area contributed by atoms with Crippen molar-refractivity contribution in [3.63, 3.8) is 0 Å². The van der Waals surface area contributed by atoms with Crippen molar-refractivity contribution in [2.45, 2.75) is 12.6 Å². The summed E-state index contributed by atoms with van der Waals surface area (Å²) in [5, 5.41) is 12.2. The SMILES string of the molecule is CNCC1CN(Cc2cc(=O)c(O)co2)CCO1. The van der Waals surface area contributed by atoms with Crippen molar-refractivity contribution in [2.75, 3.05) is 33.3 Å². The van der Waals surface area contributed by atoms with Gasteiger partial charge in [0.2, 0.25) is 5.43 Å². The standard InChI is InChI=1S/C12H18N2O4/c1-13-5-10-7-14(2-3-17-10)6-9-4-11(15)12(16)8-18-9/h4,8,10,13,16H,2-3,5-7H2,1H3. The van der Waals surface area contributed by atoms with E-state index in [-0.39, 0.29) is 11.9 Å². The van der Waals surface area contributed by atoms with Crippen LogP contribution in [-0.2, 0) is 11.3 Å². The molecule has 1 aliphatic heterocycles. The number of hydrogen-bond acceptors (Lipinski definition) is 6. The van der Waals surface area contributed by atoms with E-state index in [1.165, 1.54) is 6.07 Å². The zero-order valence-corrected chi connectivity index (χ0v) is 10.4. The zero-order valence-electron chi connectivity index (χ0n) is 10.4. The molecule has 0 aromatic carbocycles. The summed E-state index contributed by atoms with van der Waals surface area (Å²) in [6.07, 6.45) is 1.25. The van der Waals surface area contributed by atoms with E-state index in [0.29, 0.717) is 18.9 Å². The lowest BCUT2D eigenvalue weighted by atomic mass is 10.2. The average Bonchev–Trinajstić information content (AvgIpc) is 2.35. The van der Waals surface area contributed by atoms with Crippen LogP contribution in [0, 0.1) is 0 Å². The minimum absolute atomic E-state index is 0.160. The first kappa shape index (κ1) is 13.1. The lowest BCUT2D eigenvalue weighted by molar-refractivity contribution is -0.0310. The molecule has 0 saturated carbocycles. The Morgan fingerprint density at radius 1 is 1.61 bits per heavy atom. The Balaban J connectivity index is 1.96. The van der Waals surface area contributed by atoms with E-state index in [1.54, 1.807) is 0 Å². The molecule has 6 heteroatoms. The summed E-state index contributed by atoms with van der Waals surface area (Å²) in [7, 11) is 1.89. The second kappa shape index (κ2) is 5.99. The largest absolute Gasteiger partial charge is 0.502 e. The third-order valence-electron chi connectivity index (χ3n) is 2.90. The number of ether oxygens (including phenoxy) is 1. The maximum atomic E-state index is 11.3. The van der Waals surface area contributed by atoms with Gasteiger partial charge in [-0.1, -0.05) is 0 Å². The molecule has 0 aliphatic carbocycles. The van der Waals surface area contributed by atoms with Crippen LogP contribution < -0.4 is 10.7 Å². The molecule has 1 aromatic heterocycles. The van der Waals surface area contributed by atoms with Crippen molar-refractivity contribution >= 4 is 0 Å². The summed E-state index contributed by atoms with van der Waals surface area (Å²) in [6, 6.07) is 1.33. The second-order valence-corrected chi connectivity index (χ2v) is 4.38. The van der Waals surface area contributed by atoms with Crippen LogP contribution in [0.25, 0.3) is 0 Å². The van der Waals surface area contributed by atoms with Crippen LogP contribution >= 0.6 is 0 Å². The normalized spacial score (nSPS) is 21.1. The average molecular weight is 254 g/mol. The Morgan fingerprint density at radius 2 is 2.44 bits per heavy atom. The maximum absolute atomic E-state index is 11.3. The molecule has 0 radical (unpaired) electrons. The highest BCUT2D eigenvalue weighted by atomic mass is 16.5. The van der Waals surface area contributed by atoms with Gasteiger partial charge in [0.1, 0.15) is 12.0 Å². The summed E-state index contributed by atoms with van der Waals surface area (Å²) in [4.78, 5) is 13.5. The number of hydrogen-bond donors (Lipinski definition) is 2. The van der Waals surface area contributed by atoms with Gasteiger partial charge in [0, 0.05) is 25.7 Å². The zero-order chi connectivity index (χ0) is 13.0. The lowest BCUT2D eigenvalue weighted by Gasteiger charge is -2.32. The number of nitrogens with zero attached hydrogens (tertiary/aromatic N) is 1. The van der Waals surface area contributed by atoms with Crippen LogP contribution in [0.5, 0.6) is 5.75 Å². The minimum atomic E-state index is -0.406. The molecule has 2 heterocycles. The van der Waals surface area contributed by atoms with Crippen molar-refractivity contribution in [3.8, 4) is 5.75 Å². The Hall–Kier alpha value is -1.37. The number of nitrogens with one attached hydrogen (secondary N) is 1. The van der Waals surface area contributed by atoms with Gasteiger partial charge in [0.05, 0.1) is 19.3 Å². The highest BCUT2D eigenvalue weighted by Crippen LogP contribution is 2.10. The van der Waals surface area contributed by atoms with Gasteiger partial charge in [0.15, 0.2) is 5.75 Å². The molecule has 100 valence electrons. The van der Waals surface area contributed by atoms with E-state index >= 15 is 0 Å². The Bertz CT molecular complexity index is 444. The summed E-state index contributed by atoms with van der Waals surface area (Å²) >= 11 is 0. The second-order valence-electron chi connectivity index (χ2n) is 4.38. The predicted molar refractivity (Wildman–Crippen MR) is 65.6 cm³/mol. The topological polar surface area (TPSA) is 74.9 Å². The number of aromatic hydroxyl groups is 1. The maximum Gasteiger partial charge on any atom is 0.226 e. The first-order valence-corrected chi connectivity index (χ1v) is 5.98. The van der Waals surface area contributed by atoms with E-state index in [0.717, 1.165) is 25.9 Å². The molecule has 6 nitrogen and oxygen atoms in total. The molecule has 1 saturated heterocycles. The fourth-order valence-corrected chi connectivity index (χ4v) is 2.02. The lowest BCUT2D eigenvalue weighted by Crippen LogP contribution is -2.45. The smallest absolute Gasteiger partial charge is 0.226 e. The van der Waals surface area contributed by atoms with E-state index < -0.39 is 5.43 Å². The first-order chi connectivity index (χ1) is 8.69. The summed E-state index contributed by atoms with van der Waals surface area (Å²) in [5.74, 6) is 0.205. The molecule has 1 unspecified atom stereocenters. The summed E-state index contributed by atoms with van der Waals surface area (Å²) < 4.78 is 10.8. The molecule has 0 amide bonds. The van der Waals surface area contributed by atoms with Crippen molar-refractivity contribution in [3.05, 3.63) is 28.3 Å². The van der Waals surface area contributed by atoms with Crippen molar-refractivity contribution in [2.24, 2.45) is 0 Å². The molecule has 1 aliphatic rings. The van der Waals surface area contributed by atoms with Gasteiger partial charge in [-0.15, -0.1) is 0 Å². The molecule has 0 spiro atoms. The molecule has 2 N–H and O–H groups in total. The van der Waals surface area contributed by atoms with Crippen molar-refractivity contribution in [1.29, 1.82) is 0 Å². The summed E-state index contributed by atoms with van der Waals surface area (Å²) in [5.41, 5.74) is -0.406. The highest BCUT2D eigenvalue weighted by molar-refractivity contribution is 5.15. The molecule has 18 heavy (non-hydrogen) atoms. The van der Waals surface area contributed by atoms with Crippen molar-refractivity contribution < 1.29 is 14.3 Å². The monoisotopic (exact) mass is 254 g/mol. The Labute approximate surface area is 105 Å². The van der Waals surface area contributed by atoms with Crippen LogP contribution in [0.15, 0.2) is 21.5 Å². The quantitative estimate of drug-likeness (QED) is 0.773. The fraction of sp³-hybridized carbons (Fsp3) is 0.583. The van der Waals surface area contributed by atoms with E-state index in [2.05, 4.69) is 10.2 Å². The van der Waals surface area contributed by atoms with Gasteiger partial charge >= 0.3 is 0 Å². The molecule has 1 fully saturated rings. The van der Waals surface area contributed by atoms with Gasteiger partial charge in [-0.05, 0) is 7.05 Å². The van der Waals surface area contributed by atoms with Gasteiger partial charge in [-0.25, -0.2) is 0 Å². The predicted octanol–water partition coefficient (Wildman–Crippen LogP) is -0.234. The molecular weight excluding hydrogens is 236 g/mol. The molecule has 0 bridgehead atoms. The van der Waals surface area contributed by atoms with Crippen LogP contribution in [0.4, 0.5) is 0 Å². The molecule has 1 atom stereocenters. The van der Waals surface area contributed by atoms with E-state index in [1.807, 2.05) is 7.05 Å². The number of rotatable bonds is 4. The van der Waals surface area contributed by atoms with Gasteiger partial charge in [0.25, 0.3) is 0 Å². The van der Waals surface area contributed by atoms with E-state index in [9.17, 15) is 4.79 Å². The molecular formula is C12H18N2O4. The summed E-state index contributed by atoms with van der Waals surface area (Å²) in [6.45, 7) is 3.64. The fourth-order valence-electron chi connectivity index (χ4n) is 2.02. The molecule has 2 rings (SSSR count). The Morgan fingerprint density at radius 3 is 3.17 bits per heavy atom.